The van der Waals surface area contributed by atoms with E-state index < -0.39 is 23.1 Å². The number of hydrogen-bond donors (Lipinski definition) is 1. The molecule has 1 heterocycles. The molecule has 0 aliphatic carbocycles. The van der Waals surface area contributed by atoms with Gasteiger partial charge in [-0.2, -0.15) is 5.10 Å². The summed E-state index contributed by atoms with van der Waals surface area (Å²) in [5.41, 5.74) is -0.461. The average molecular weight is 375 g/mol. The molecule has 1 N–H and O–H groups in total. The molecule has 0 aliphatic heterocycles. The molecule has 0 radical (unpaired) electrons. The Labute approximate surface area is 156 Å². The molecular formula is C19H22FN3O4. The standard InChI is InChI=1S/C19H22FN3O4/c1-12(2)11-22(9-8-17(25)26)19(27)18-16(24)10-13(3)23(21-18)15-7-5-4-6-14(15)20/h4-7,10,12H,8-9,11H2,1-3H3,(H,25,26). The lowest BCUT2D eigenvalue weighted by Crippen LogP contribution is -2.39. The molecule has 2 aromatic rings. The fraction of sp³-hybridized carbons (Fsp3) is 0.368. The van der Waals surface area contributed by atoms with Crippen LogP contribution >= 0.6 is 0 Å². The van der Waals surface area contributed by atoms with Crippen molar-refractivity contribution in [3.05, 3.63) is 57.8 Å². The van der Waals surface area contributed by atoms with Crippen LogP contribution in [0.4, 0.5) is 4.39 Å². The van der Waals surface area contributed by atoms with Gasteiger partial charge in [-0.05, 0) is 25.0 Å². The van der Waals surface area contributed by atoms with Gasteiger partial charge in [0.25, 0.3) is 5.91 Å². The van der Waals surface area contributed by atoms with Crippen LogP contribution in [-0.2, 0) is 4.79 Å². The zero-order chi connectivity index (χ0) is 20.1. The van der Waals surface area contributed by atoms with Crippen molar-refractivity contribution in [2.45, 2.75) is 27.2 Å². The highest BCUT2D eigenvalue weighted by Gasteiger charge is 2.23. The van der Waals surface area contributed by atoms with Crippen LogP contribution in [0.25, 0.3) is 5.69 Å². The number of carbonyl (C=O) groups excluding carboxylic acids is 1. The van der Waals surface area contributed by atoms with Gasteiger partial charge in [0.05, 0.1) is 6.42 Å². The largest absolute Gasteiger partial charge is 0.481 e. The van der Waals surface area contributed by atoms with Crippen LogP contribution in [0.1, 0.15) is 36.5 Å². The topological polar surface area (TPSA) is 92.5 Å². The van der Waals surface area contributed by atoms with Crippen molar-refractivity contribution in [3.8, 4) is 5.69 Å². The van der Waals surface area contributed by atoms with E-state index in [-0.39, 0.29) is 36.8 Å². The normalized spacial score (nSPS) is 10.9. The second-order valence-corrected chi connectivity index (χ2v) is 6.65. The minimum atomic E-state index is -1.04. The van der Waals surface area contributed by atoms with Crippen LogP contribution in [0.2, 0.25) is 0 Å². The summed E-state index contributed by atoms with van der Waals surface area (Å²) in [6.45, 7) is 5.58. The van der Waals surface area contributed by atoms with Crippen molar-refractivity contribution in [2.75, 3.05) is 13.1 Å². The van der Waals surface area contributed by atoms with Crippen molar-refractivity contribution in [2.24, 2.45) is 5.92 Å². The third-order valence-corrected chi connectivity index (χ3v) is 3.86. The summed E-state index contributed by atoms with van der Waals surface area (Å²) in [5, 5.41) is 13.0. The highest BCUT2D eigenvalue weighted by Crippen LogP contribution is 2.14. The number of aromatic nitrogens is 2. The number of carboxylic acids is 1. The number of halogens is 1. The molecule has 144 valence electrons. The maximum atomic E-state index is 14.1. The SMILES string of the molecule is Cc1cc(=O)c(C(=O)N(CCC(=O)O)CC(C)C)nn1-c1ccccc1F. The van der Waals surface area contributed by atoms with E-state index in [0.717, 1.165) is 0 Å². The lowest BCUT2D eigenvalue weighted by molar-refractivity contribution is -0.137. The van der Waals surface area contributed by atoms with Crippen LogP contribution in [0.15, 0.2) is 35.1 Å². The van der Waals surface area contributed by atoms with Crippen molar-refractivity contribution < 1.29 is 19.1 Å². The van der Waals surface area contributed by atoms with Gasteiger partial charge in [-0.1, -0.05) is 26.0 Å². The summed E-state index contributed by atoms with van der Waals surface area (Å²) in [4.78, 5) is 37.4. The van der Waals surface area contributed by atoms with Crippen LogP contribution in [0, 0.1) is 18.7 Å². The highest BCUT2D eigenvalue weighted by molar-refractivity contribution is 5.92. The van der Waals surface area contributed by atoms with Crippen molar-refractivity contribution >= 4 is 11.9 Å². The first-order valence-electron chi connectivity index (χ1n) is 8.57. The zero-order valence-electron chi connectivity index (χ0n) is 15.5. The number of para-hydroxylation sites is 1. The quantitative estimate of drug-likeness (QED) is 0.801. The Hall–Kier alpha value is -3.03. The van der Waals surface area contributed by atoms with Gasteiger partial charge in [-0.15, -0.1) is 0 Å². The summed E-state index contributed by atoms with van der Waals surface area (Å²) in [6, 6.07) is 7.12. The first-order valence-corrected chi connectivity index (χ1v) is 8.57. The van der Waals surface area contributed by atoms with Crippen molar-refractivity contribution in [1.29, 1.82) is 0 Å². The molecule has 0 saturated carbocycles. The summed E-state index contributed by atoms with van der Waals surface area (Å²) >= 11 is 0. The number of amides is 1. The zero-order valence-corrected chi connectivity index (χ0v) is 15.5. The van der Waals surface area contributed by atoms with Crippen LogP contribution in [0.5, 0.6) is 0 Å². The molecule has 1 aromatic carbocycles. The minimum Gasteiger partial charge on any atom is -0.481 e. The Morgan fingerprint density at radius 2 is 1.96 bits per heavy atom. The smallest absolute Gasteiger partial charge is 0.305 e. The Balaban J connectivity index is 2.48. The summed E-state index contributed by atoms with van der Waals surface area (Å²) in [6.07, 6.45) is -0.244. The molecule has 8 heteroatoms. The molecule has 0 bridgehead atoms. The molecular weight excluding hydrogens is 353 g/mol. The van der Waals surface area contributed by atoms with Crippen LogP contribution < -0.4 is 5.43 Å². The maximum Gasteiger partial charge on any atom is 0.305 e. The maximum absolute atomic E-state index is 14.1. The Kier molecular flexibility index (Phi) is 6.44. The van der Waals surface area contributed by atoms with E-state index in [4.69, 9.17) is 5.11 Å². The number of nitrogens with zero attached hydrogens (tertiary/aromatic N) is 3. The number of hydrogen-bond acceptors (Lipinski definition) is 4. The Bertz CT molecular complexity index is 908. The third-order valence-electron chi connectivity index (χ3n) is 3.86. The number of carbonyl (C=O) groups is 2. The first kappa shape index (κ1) is 20.3. The Morgan fingerprint density at radius 1 is 1.30 bits per heavy atom. The van der Waals surface area contributed by atoms with E-state index in [2.05, 4.69) is 5.10 Å². The monoisotopic (exact) mass is 375 g/mol. The highest BCUT2D eigenvalue weighted by atomic mass is 19.1. The molecule has 0 saturated heterocycles. The van der Waals surface area contributed by atoms with Crippen LogP contribution in [0.3, 0.4) is 0 Å². The third kappa shape index (κ3) is 4.99. The van der Waals surface area contributed by atoms with Gasteiger partial charge < -0.3 is 10.0 Å². The first-order chi connectivity index (χ1) is 12.7. The molecule has 0 fully saturated rings. The fourth-order valence-electron chi connectivity index (χ4n) is 2.66. The number of aliphatic carboxylic acids is 1. The van der Waals surface area contributed by atoms with Gasteiger partial charge in [-0.25, -0.2) is 9.07 Å². The molecule has 0 spiro atoms. The predicted molar refractivity (Wildman–Crippen MR) is 97.5 cm³/mol. The van der Waals surface area contributed by atoms with Crippen LogP contribution in [-0.4, -0.2) is 44.8 Å². The molecule has 1 aromatic heterocycles. The molecule has 27 heavy (non-hydrogen) atoms. The van der Waals surface area contributed by atoms with Crippen molar-refractivity contribution in [3.63, 3.8) is 0 Å². The lowest BCUT2D eigenvalue weighted by atomic mass is 10.2. The van der Waals surface area contributed by atoms with E-state index in [0.29, 0.717) is 5.69 Å². The van der Waals surface area contributed by atoms with Gasteiger partial charge >= 0.3 is 5.97 Å². The number of carboxylic acid groups (broad SMARTS) is 1. The lowest BCUT2D eigenvalue weighted by Gasteiger charge is -2.23. The molecule has 1 amide bonds. The van der Waals surface area contributed by atoms with Crippen molar-refractivity contribution in [1.82, 2.24) is 14.7 Å². The molecule has 0 unspecified atom stereocenters. The van der Waals surface area contributed by atoms with Gasteiger partial charge in [0, 0.05) is 24.8 Å². The number of rotatable bonds is 7. The summed E-state index contributed by atoms with van der Waals surface area (Å²) in [7, 11) is 0. The second kappa shape index (κ2) is 8.57. The summed E-state index contributed by atoms with van der Waals surface area (Å²) < 4.78 is 15.3. The average Bonchev–Trinajstić information content (AvgIpc) is 2.58. The Morgan fingerprint density at radius 3 is 2.56 bits per heavy atom. The van der Waals surface area contributed by atoms with E-state index >= 15 is 0 Å². The van der Waals surface area contributed by atoms with Gasteiger partial charge in [0.1, 0.15) is 11.5 Å². The minimum absolute atomic E-state index is 0.0406. The second-order valence-electron chi connectivity index (χ2n) is 6.65. The van der Waals surface area contributed by atoms with E-state index in [1.54, 1.807) is 13.0 Å². The van der Waals surface area contributed by atoms with E-state index in [1.165, 1.54) is 33.8 Å². The summed E-state index contributed by atoms with van der Waals surface area (Å²) in [5.74, 6) is -2.18. The predicted octanol–water partition coefficient (Wildman–Crippen LogP) is 2.25. The van der Waals surface area contributed by atoms with Gasteiger partial charge in [0.15, 0.2) is 5.69 Å². The molecule has 0 aliphatic rings. The van der Waals surface area contributed by atoms with E-state index in [9.17, 15) is 18.8 Å². The number of benzene rings is 1. The number of aryl methyl sites for hydroxylation is 1. The van der Waals surface area contributed by atoms with E-state index in [1.807, 2.05) is 13.8 Å². The van der Waals surface area contributed by atoms with Gasteiger partial charge in [0.2, 0.25) is 5.43 Å². The molecule has 0 atom stereocenters. The molecule has 2 rings (SSSR count). The fourth-order valence-corrected chi connectivity index (χ4v) is 2.66. The molecule has 7 nitrogen and oxygen atoms in total. The van der Waals surface area contributed by atoms with Gasteiger partial charge in [-0.3, -0.25) is 14.4 Å².